The Bertz CT molecular complexity index is 267. The van der Waals surface area contributed by atoms with E-state index in [-0.39, 0.29) is 6.61 Å². The molecule has 0 aliphatic carbocycles. The van der Waals surface area contributed by atoms with Gasteiger partial charge >= 0.3 is 5.97 Å². The Balaban J connectivity index is 2.53. The van der Waals surface area contributed by atoms with Crippen molar-refractivity contribution in [1.29, 1.82) is 0 Å². The largest absolute Gasteiger partial charge is 0.460 e. The van der Waals surface area contributed by atoms with Gasteiger partial charge < -0.3 is 29.9 Å². The lowest BCUT2D eigenvalue weighted by Gasteiger charge is -2.37. The fraction of sp³-hybridized carbons (Fsp3) is 0.667. The summed E-state index contributed by atoms with van der Waals surface area (Å²) >= 11 is 0. The zero-order valence-electron chi connectivity index (χ0n) is 8.39. The van der Waals surface area contributed by atoms with E-state index in [1.54, 1.807) is 0 Å². The summed E-state index contributed by atoms with van der Waals surface area (Å²) in [6, 6.07) is 0. The van der Waals surface area contributed by atoms with Crippen molar-refractivity contribution in [3.8, 4) is 0 Å². The van der Waals surface area contributed by atoms with Crippen LogP contribution in [-0.4, -0.2) is 63.7 Å². The molecular formula is C9H14O7. The Morgan fingerprint density at radius 3 is 2.44 bits per heavy atom. The fourth-order valence-corrected chi connectivity index (χ4v) is 1.29. The summed E-state index contributed by atoms with van der Waals surface area (Å²) in [5.74, 6) is -0.717. The lowest BCUT2D eigenvalue weighted by atomic mass is 9.99. The lowest BCUT2D eigenvalue weighted by Crippen LogP contribution is -2.58. The summed E-state index contributed by atoms with van der Waals surface area (Å²) in [5, 5.41) is 37.1. The van der Waals surface area contributed by atoms with Crippen molar-refractivity contribution in [3.63, 3.8) is 0 Å². The van der Waals surface area contributed by atoms with E-state index in [0.717, 1.165) is 6.08 Å². The molecule has 5 atom stereocenters. The molecule has 0 spiro atoms. The lowest BCUT2D eigenvalue weighted by molar-refractivity contribution is -0.287. The third-order valence-corrected chi connectivity index (χ3v) is 2.24. The average Bonchev–Trinajstić information content (AvgIpc) is 2.28. The maximum absolute atomic E-state index is 10.7. The summed E-state index contributed by atoms with van der Waals surface area (Å²) in [6.07, 6.45) is -6.41. The number of rotatable bonds is 3. The molecule has 16 heavy (non-hydrogen) atoms. The number of aliphatic hydroxyl groups is 4. The molecule has 0 radical (unpaired) electrons. The molecule has 92 valence electrons. The van der Waals surface area contributed by atoms with E-state index in [1.165, 1.54) is 0 Å². The summed E-state index contributed by atoms with van der Waals surface area (Å²) in [5.41, 5.74) is 0. The number of aliphatic hydroxyl groups excluding tert-OH is 4. The number of carbonyl (C=O) groups is 1. The molecule has 0 aromatic rings. The second-order valence-corrected chi connectivity index (χ2v) is 3.37. The van der Waals surface area contributed by atoms with Crippen LogP contribution in [0.3, 0.4) is 0 Å². The molecule has 0 bridgehead atoms. The smallest absolute Gasteiger partial charge is 0.330 e. The van der Waals surface area contributed by atoms with Gasteiger partial charge in [0.2, 0.25) is 0 Å². The van der Waals surface area contributed by atoms with Gasteiger partial charge in [0, 0.05) is 6.08 Å². The highest BCUT2D eigenvalue weighted by molar-refractivity contribution is 5.81. The van der Waals surface area contributed by atoms with Crippen molar-refractivity contribution in [3.05, 3.63) is 12.7 Å². The van der Waals surface area contributed by atoms with Crippen molar-refractivity contribution < 1.29 is 34.7 Å². The van der Waals surface area contributed by atoms with Crippen LogP contribution in [0.5, 0.6) is 0 Å². The van der Waals surface area contributed by atoms with E-state index in [0.29, 0.717) is 0 Å². The van der Waals surface area contributed by atoms with E-state index in [9.17, 15) is 15.0 Å². The zero-order chi connectivity index (χ0) is 12.3. The minimum Gasteiger partial charge on any atom is -0.460 e. The second kappa shape index (κ2) is 5.37. The van der Waals surface area contributed by atoms with Crippen molar-refractivity contribution >= 4 is 5.97 Å². The highest BCUT2D eigenvalue weighted by Crippen LogP contribution is 2.19. The number of hydrogen-bond donors (Lipinski definition) is 4. The molecule has 4 N–H and O–H groups in total. The summed E-state index contributed by atoms with van der Waals surface area (Å²) in [6.45, 7) is 2.81. The zero-order valence-corrected chi connectivity index (χ0v) is 8.39. The van der Waals surface area contributed by atoms with Crippen LogP contribution < -0.4 is 0 Å². The first-order chi connectivity index (χ1) is 7.47. The van der Waals surface area contributed by atoms with Gasteiger partial charge in [0.1, 0.15) is 31.0 Å². The standard InChI is InChI=1S/C9H14O7/c1-2-5(10)15-3-4-6(11)7(12)8(13)9(14)16-4/h2,4,6-9,11-14H,1,3H2/t4-,6-,7?,8?,9+/m1/s1. The van der Waals surface area contributed by atoms with E-state index < -0.39 is 36.7 Å². The first kappa shape index (κ1) is 13.1. The predicted molar refractivity (Wildman–Crippen MR) is 50.1 cm³/mol. The van der Waals surface area contributed by atoms with Gasteiger partial charge in [-0.15, -0.1) is 0 Å². The van der Waals surface area contributed by atoms with Gasteiger partial charge in [-0.25, -0.2) is 4.79 Å². The number of hydrogen-bond acceptors (Lipinski definition) is 7. The number of esters is 1. The minimum atomic E-state index is -1.63. The molecule has 1 aliphatic heterocycles. The summed E-state index contributed by atoms with van der Waals surface area (Å²) in [4.78, 5) is 10.7. The summed E-state index contributed by atoms with van der Waals surface area (Å²) < 4.78 is 9.35. The maximum Gasteiger partial charge on any atom is 0.330 e. The summed E-state index contributed by atoms with van der Waals surface area (Å²) in [7, 11) is 0. The highest BCUT2D eigenvalue weighted by atomic mass is 16.6. The number of ether oxygens (including phenoxy) is 2. The molecule has 7 nitrogen and oxygen atoms in total. The molecule has 0 amide bonds. The van der Waals surface area contributed by atoms with Crippen LogP contribution in [0.4, 0.5) is 0 Å². The van der Waals surface area contributed by atoms with E-state index in [1.807, 2.05) is 0 Å². The maximum atomic E-state index is 10.7. The van der Waals surface area contributed by atoms with Crippen LogP contribution in [0.1, 0.15) is 0 Å². The SMILES string of the molecule is C=CC(=O)OC[C@H]1O[C@H](O)C(O)C(O)[C@@H]1O. The third kappa shape index (κ3) is 2.77. The van der Waals surface area contributed by atoms with Crippen LogP contribution in [0.15, 0.2) is 12.7 Å². The molecule has 1 aliphatic rings. The molecule has 1 rings (SSSR count). The normalized spacial score (nSPS) is 39.1. The van der Waals surface area contributed by atoms with Gasteiger partial charge in [-0.1, -0.05) is 6.58 Å². The molecule has 0 aromatic carbocycles. The Labute approximate surface area is 91.5 Å². The number of carbonyl (C=O) groups excluding carboxylic acids is 1. The Hall–Kier alpha value is -0.990. The minimum absolute atomic E-state index is 0.354. The van der Waals surface area contributed by atoms with Crippen LogP contribution in [-0.2, 0) is 14.3 Å². The van der Waals surface area contributed by atoms with E-state index >= 15 is 0 Å². The molecule has 0 saturated carbocycles. The van der Waals surface area contributed by atoms with Gasteiger partial charge in [-0.2, -0.15) is 0 Å². The molecule has 1 heterocycles. The Morgan fingerprint density at radius 2 is 1.88 bits per heavy atom. The molecule has 1 saturated heterocycles. The van der Waals surface area contributed by atoms with E-state index in [2.05, 4.69) is 11.3 Å². The monoisotopic (exact) mass is 234 g/mol. The quantitative estimate of drug-likeness (QED) is 0.315. The molecular weight excluding hydrogens is 220 g/mol. The third-order valence-electron chi connectivity index (χ3n) is 2.24. The van der Waals surface area contributed by atoms with Gasteiger partial charge in [0.05, 0.1) is 0 Å². The van der Waals surface area contributed by atoms with E-state index in [4.69, 9.17) is 14.9 Å². The fourth-order valence-electron chi connectivity index (χ4n) is 1.29. The van der Waals surface area contributed by atoms with Crippen LogP contribution in [0.25, 0.3) is 0 Å². The van der Waals surface area contributed by atoms with Crippen molar-refractivity contribution in [2.75, 3.05) is 6.61 Å². The average molecular weight is 234 g/mol. The first-order valence-electron chi connectivity index (χ1n) is 4.64. The Morgan fingerprint density at radius 1 is 1.25 bits per heavy atom. The molecule has 0 aromatic heterocycles. The van der Waals surface area contributed by atoms with Gasteiger partial charge in [-0.05, 0) is 0 Å². The van der Waals surface area contributed by atoms with Crippen LogP contribution in [0.2, 0.25) is 0 Å². The predicted octanol–water partition coefficient (Wildman–Crippen LogP) is -2.48. The van der Waals surface area contributed by atoms with Crippen molar-refractivity contribution in [2.24, 2.45) is 0 Å². The van der Waals surface area contributed by atoms with Gasteiger partial charge in [0.15, 0.2) is 6.29 Å². The molecule has 2 unspecified atom stereocenters. The van der Waals surface area contributed by atoms with Crippen molar-refractivity contribution in [2.45, 2.75) is 30.7 Å². The second-order valence-electron chi connectivity index (χ2n) is 3.37. The molecule has 1 fully saturated rings. The van der Waals surface area contributed by atoms with Crippen LogP contribution in [0, 0.1) is 0 Å². The van der Waals surface area contributed by atoms with Gasteiger partial charge in [0.25, 0.3) is 0 Å². The Kier molecular flexibility index (Phi) is 4.39. The van der Waals surface area contributed by atoms with Crippen LogP contribution >= 0.6 is 0 Å². The van der Waals surface area contributed by atoms with Crippen molar-refractivity contribution in [1.82, 2.24) is 0 Å². The van der Waals surface area contributed by atoms with Gasteiger partial charge in [-0.3, -0.25) is 0 Å². The highest BCUT2D eigenvalue weighted by Gasteiger charge is 2.43. The molecule has 7 heteroatoms. The first-order valence-corrected chi connectivity index (χ1v) is 4.64. The topological polar surface area (TPSA) is 116 Å².